The second-order valence-electron chi connectivity index (χ2n) is 9.42. The zero-order valence-corrected chi connectivity index (χ0v) is 20.6. The van der Waals surface area contributed by atoms with Gasteiger partial charge in [-0.05, 0) is 56.7 Å². The van der Waals surface area contributed by atoms with Crippen LogP contribution in [0.1, 0.15) is 44.0 Å². The lowest BCUT2D eigenvalue weighted by atomic mass is 9.86. The summed E-state index contributed by atoms with van der Waals surface area (Å²) in [6, 6.07) is 4.92. The molecule has 2 bridgehead atoms. The van der Waals surface area contributed by atoms with E-state index in [9.17, 15) is 9.59 Å². The molecule has 0 spiro atoms. The number of carbonyl (C=O) groups is 1. The van der Waals surface area contributed by atoms with Gasteiger partial charge < -0.3 is 10.2 Å². The highest BCUT2D eigenvalue weighted by Gasteiger charge is 2.42. The van der Waals surface area contributed by atoms with Gasteiger partial charge in [0.1, 0.15) is 16.7 Å². The Balaban J connectivity index is 1.79. The molecule has 3 N–H and O–H groups in total. The predicted molar refractivity (Wildman–Crippen MR) is 137 cm³/mol. The molecule has 34 heavy (non-hydrogen) atoms. The second-order valence-corrected chi connectivity index (χ2v) is 10.2. The number of fused-ring (bicyclic) bond motifs is 4. The number of carbonyl (C=O) groups excluding carboxylic acids is 1. The Hall–Kier alpha value is -3.27. The summed E-state index contributed by atoms with van der Waals surface area (Å²) in [5, 5.41) is 6.53. The Labute approximate surface area is 203 Å². The first-order valence-corrected chi connectivity index (χ1v) is 12.2. The largest absolute Gasteiger partial charge is 0.371 e. The van der Waals surface area contributed by atoms with E-state index in [1.165, 1.54) is 6.07 Å². The van der Waals surface area contributed by atoms with Gasteiger partial charge in [0, 0.05) is 42.8 Å². The van der Waals surface area contributed by atoms with Crippen molar-refractivity contribution in [3.63, 3.8) is 0 Å². The third kappa shape index (κ3) is 4.96. The molecule has 180 valence electrons. The maximum Gasteiger partial charge on any atom is 0.265 e. The molecule has 0 saturated carbocycles. The number of hydrogen-bond donors (Lipinski definition) is 3. The number of aromatic amines is 1. The van der Waals surface area contributed by atoms with Gasteiger partial charge in [-0.3, -0.25) is 19.4 Å². The molecule has 2 unspecified atom stereocenters. The number of anilines is 1. The summed E-state index contributed by atoms with van der Waals surface area (Å²) in [5.41, 5.74) is 0.0508. The van der Waals surface area contributed by atoms with Crippen LogP contribution < -0.4 is 20.5 Å². The molecule has 1 amide bonds. The Morgan fingerprint density at radius 3 is 2.76 bits per heavy atom. The van der Waals surface area contributed by atoms with Gasteiger partial charge in [0.05, 0.1) is 5.56 Å². The number of H-pyrrole nitrogens is 1. The van der Waals surface area contributed by atoms with E-state index in [1.807, 2.05) is 0 Å². The highest BCUT2D eigenvalue weighted by Crippen LogP contribution is 2.41. The van der Waals surface area contributed by atoms with Crippen LogP contribution in [0.4, 0.5) is 5.82 Å². The van der Waals surface area contributed by atoms with Crippen molar-refractivity contribution in [1.29, 1.82) is 0 Å². The van der Waals surface area contributed by atoms with Crippen LogP contribution in [0.5, 0.6) is 0 Å². The third-order valence-electron chi connectivity index (χ3n) is 6.52. The van der Waals surface area contributed by atoms with Crippen molar-refractivity contribution in [1.82, 2.24) is 24.8 Å². The predicted octanol–water partition coefficient (Wildman–Crippen LogP) is 3.23. The van der Waals surface area contributed by atoms with E-state index in [2.05, 4.69) is 59.0 Å². The van der Waals surface area contributed by atoms with Crippen molar-refractivity contribution in [2.24, 2.45) is 16.8 Å². The number of hydrogen-bond acceptors (Lipinski definition) is 7. The minimum atomic E-state index is -0.282. The van der Waals surface area contributed by atoms with Crippen LogP contribution in [0, 0.1) is 11.8 Å². The highest BCUT2D eigenvalue weighted by molar-refractivity contribution is 8.13. The molecule has 0 radical (unpaired) electrons. The molecule has 2 aromatic rings. The van der Waals surface area contributed by atoms with E-state index in [0.29, 0.717) is 39.9 Å². The summed E-state index contributed by atoms with van der Waals surface area (Å²) in [5.74, 6) is 2.28. The van der Waals surface area contributed by atoms with Crippen molar-refractivity contribution < 1.29 is 4.79 Å². The van der Waals surface area contributed by atoms with Crippen LogP contribution in [-0.2, 0) is 0 Å². The lowest BCUT2D eigenvalue weighted by molar-refractivity contribution is 0.0985. The number of pyridine rings is 1. The fraction of sp³-hybridized carbons (Fsp3) is 0.417. The minimum Gasteiger partial charge on any atom is -0.371 e. The van der Waals surface area contributed by atoms with Gasteiger partial charge in [0.15, 0.2) is 5.82 Å². The van der Waals surface area contributed by atoms with Crippen molar-refractivity contribution in [3.05, 3.63) is 65.4 Å². The summed E-state index contributed by atoms with van der Waals surface area (Å²) >= 11 is 1.08. The van der Waals surface area contributed by atoms with Crippen LogP contribution in [-0.4, -0.2) is 44.3 Å². The van der Waals surface area contributed by atoms with E-state index in [-0.39, 0.29) is 17.0 Å². The Morgan fingerprint density at radius 2 is 2.06 bits per heavy atom. The first-order chi connectivity index (χ1) is 16.2. The summed E-state index contributed by atoms with van der Waals surface area (Å²) in [7, 11) is 0. The van der Waals surface area contributed by atoms with Crippen molar-refractivity contribution in [2.45, 2.75) is 39.2 Å². The summed E-state index contributed by atoms with van der Waals surface area (Å²) in [6.45, 7) is 16.0. The van der Waals surface area contributed by atoms with E-state index in [1.54, 1.807) is 29.1 Å². The topological polar surface area (TPSA) is 107 Å². The zero-order chi connectivity index (χ0) is 24.5. The second kappa shape index (κ2) is 9.54. The molecule has 2 aliphatic heterocycles. The lowest BCUT2D eigenvalue weighted by Gasteiger charge is -2.34. The molecule has 1 saturated heterocycles. The summed E-state index contributed by atoms with van der Waals surface area (Å²) < 4.78 is 4.43. The number of rotatable bonds is 2. The molecule has 4 heterocycles. The molecule has 0 aromatic carbocycles. The SMILES string of the molecule is C=C/C1=N\C(=C)NCCC(C)C2CN(c3nc(-n4ccc(=O)[nH]4)ccc3C(=O)NS1)C(C)(C)C2. The monoisotopic (exact) mass is 481 g/mol. The molecule has 2 aromatic heterocycles. The average molecular weight is 482 g/mol. The molecule has 9 nitrogen and oxygen atoms in total. The average Bonchev–Trinajstić information content (AvgIpc) is 3.37. The van der Waals surface area contributed by atoms with E-state index in [4.69, 9.17) is 4.98 Å². The minimum absolute atomic E-state index is 0.196. The Bertz CT molecular complexity index is 1200. The maximum atomic E-state index is 13.3. The Kier molecular flexibility index (Phi) is 6.70. The van der Waals surface area contributed by atoms with Gasteiger partial charge >= 0.3 is 0 Å². The van der Waals surface area contributed by atoms with Gasteiger partial charge in [0.25, 0.3) is 11.5 Å². The molecular weight excluding hydrogens is 450 g/mol. The number of nitrogens with one attached hydrogen (secondary N) is 3. The summed E-state index contributed by atoms with van der Waals surface area (Å²) in [6.07, 6.45) is 5.17. The number of aromatic nitrogens is 3. The van der Waals surface area contributed by atoms with Gasteiger partial charge in [-0.2, -0.15) is 0 Å². The molecule has 1 fully saturated rings. The van der Waals surface area contributed by atoms with Crippen LogP contribution >= 0.6 is 11.9 Å². The van der Waals surface area contributed by atoms with Crippen molar-refractivity contribution >= 4 is 28.7 Å². The molecular formula is C24H31N7O2S. The highest BCUT2D eigenvalue weighted by atomic mass is 32.2. The van der Waals surface area contributed by atoms with Crippen LogP contribution in [0.15, 0.2) is 59.2 Å². The van der Waals surface area contributed by atoms with Gasteiger partial charge in [-0.15, -0.1) is 0 Å². The summed E-state index contributed by atoms with van der Waals surface area (Å²) in [4.78, 5) is 36.5. The first kappa shape index (κ1) is 23.9. The Morgan fingerprint density at radius 1 is 1.26 bits per heavy atom. The number of aliphatic imine (C=N–C) groups is 1. The van der Waals surface area contributed by atoms with Crippen LogP contribution in [0.3, 0.4) is 0 Å². The molecule has 2 aliphatic rings. The van der Waals surface area contributed by atoms with Gasteiger partial charge in [0.2, 0.25) is 0 Å². The van der Waals surface area contributed by atoms with E-state index >= 15 is 0 Å². The molecule has 0 aliphatic carbocycles. The van der Waals surface area contributed by atoms with Crippen molar-refractivity contribution in [3.8, 4) is 5.82 Å². The van der Waals surface area contributed by atoms with Crippen molar-refractivity contribution in [2.75, 3.05) is 18.0 Å². The van der Waals surface area contributed by atoms with Gasteiger partial charge in [-0.25, -0.2) is 14.7 Å². The number of nitrogens with zero attached hydrogens (tertiary/aromatic N) is 4. The molecule has 2 atom stereocenters. The van der Waals surface area contributed by atoms with E-state index in [0.717, 1.165) is 37.9 Å². The molecule has 10 heteroatoms. The standard InChI is InChI=1S/C24H31N7O2S/c1-6-21-26-16(3)25-11-9-15(2)17-13-24(4,5)30(14-17)22-18(23(33)29-34-21)7-8-19(27-22)31-12-10-20(32)28-31/h6-8,10,12,15,17,25H,1,3,9,11,13-14H2,2,4-5H3,(H,28,32)(H,29,33)/b26-21+. The van der Waals surface area contributed by atoms with Crippen LogP contribution in [0.25, 0.3) is 5.82 Å². The van der Waals surface area contributed by atoms with E-state index < -0.39 is 0 Å². The third-order valence-corrected chi connectivity index (χ3v) is 7.28. The zero-order valence-electron chi connectivity index (χ0n) is 19.8. The van der Waals surface area contributed by atoms with Gasteiger partial charge in [-0.1, -0.05) is 20.1 Å². The fourth-order valence-electron chi connectivity index (χ4n) is 4.59. The lowest BCUT2D eigenvalue weighted by Crippen LogP contribution is -2.40. The fourth-order valence-corrected chi connectivity index (χ4v) is 5.14. The number of amides is 1. The quantitative estimate of drug-likeness (QED) is 0.569. The van der Waals surface area contributed by atoms with Crippen LogP contribution in [0.2, 0.25) is 0 Å². The first-order valence-electron chi connectivity index (χ1n) is 11.4. The normalized spacial score (nSPS) is 24.7. The smallest absolute Gasteiger partial charge is 0.265 e. The maximum absolute atomic E-state index is 13.3. The molecule has 4 rings (SSSR count).